The number of nitrogens with zero attached hydrogens (tertiary/aromatic N) is 4. The van der Waals surface area contributed by atoms with Gasteiger partial charge in [-0.1, -0.05) is 491 Å². The predicted octanol–water partition coefficient (Wildman–Crippen LogP) is 32.2. The van der Waals surface area contributed by atoms with Gasteiger partial charge >= 0.3 is 0 Å². The second-order valence-electron chi connectivity index (χ2n) is 38.4. The van der Waals surface area contributed by atoms with Crippen LogP contribution in [0.2, 0.25) is 0 Å². The van der Waals surface area contributed by atoms with Gasteiger partial charge in [0.15, 0.2) is 16.1 Å². The fraction of sp³-hybridized carbons (Fsp3) is 0. The summed E-state index contributed by atoms with van der Waals surface area (Å²) in [6.07, 6.45) is 0. The lowest BCUT2D eigenvalue weighted by atomic mass is 9.97. The standard InChI is InChI=1S/C72H50N2Si.C70H50N2Si/c1-4-25-58(26-5-1)75(59-27-6-2-7-28-59,60-29-8-3-9-30-60)61-31-19-24-57(50-61)73(55-45-41-52(42-46-55)63-37-18-23-51-21-10-12-32-62(51)63)56-47-43-53(44-48-56)65-38-20-40-70-72(65)68-36-16-17-39-69(68)74(70)71-49-54-22-11-13-33-64(54)66-34-14-15-35-67(66)71;1-5-20-51(21-6-1)52-38-44-58(45-39-52)72-68-36-16-15-33-67(68)70-66(35-19-37-69(70)72)55-42-48-57(49-43-55)71(56-46-40-54(41-47-56)65-34-17-23-53-22-13-14-32-64(53)65)59-24-18-31-63(50-59)73(60-25-7-2-8-26-60,61-27-9-3-10-28-61)62-29-11-4-12-30-62/h1-50H;1-50H. The Balaban J connectivity index is 0.000000150. The smallest absolute Gasteiger partial charge is 0.179 e. The second-order valence-corrected chi connectivity index (χ2v) is 46.0. The van der Waals surface area contributed by atoms with Crippen molar-refractivity contribution in [2.75, 3.05) is 9.80 Å². The van der Waals surface area contributed by atoms with E-state index in [1.807, 2.05) is 0 Å². The fourth-order valence-electron chi connectivity index (χ4n) is 23.6. The molecule has 25 aromatic carbocycles. The molecule has 6 heteroatoms. The first-order valence-electron chi connectivity index (χ1n) is 51.1. The van der Waals surface area contributed by atoms with Gasteiger partial charge < -0.3 is 18.9 Å². The number of hydrogen-bond donors (Lipinski definition) is 0. The van der Waals surface area contributed by atoms with E-state index in [1.165, 1.54) is 190 Å². The van der Waals surface area contributed by atoms with Crippen LogP contribution < -0.4 is 51.3 Å². The Kier molecular flexibility index (Phi) is 23.4. The van der Waals surface area contributed by atoms with E-state index in [0.717, 1.165) is 39.8 Å². The van der Waals surface area contributed by atoms with Gasteiger partial charge in [0.1, 0.15) is 0 Å². The zero-order chi connectivity index (χ0) is 98.3. The van der Waals surface area contributed by atoms with Gasteiger partial charge in [0, 0.05) is 66.7 Å². The van der Waals surface area contributed by atoms with Crippen molar-refractivity contribution in [2.24, 2.45) is 0 Å². The first kappa shape index (κ1) is 89.3. The summed E-state index contributed by atoms with van der Waals surface area (Å²) in [6, 6.07) is 224. The lowest BCUT2D eigenvalue weighted by Crippen LogP contribution is -2.74. The van der Waals surface area contributed by atoms with Crippen molar-refractivity contribution in [1.82, 2.24) is 9.13 Å². The molecule has 0 saturated heterocycles. The maximum absolute atomic E-state index is 2.84. The third kappa shape index (κ3) is 15.9. The summed E-state index contributed by atoms with van der Waals surface area (Å²) in [5.41, 5.74) is 25.6. The van der Waals surface area contributed by atoms with Crippen LogP contribution >= 0.6 is 0 Å². The highest BCUT2D eigenvalue weighted by Gasteiger charge is 2.44. The van der Waals surface area contributed by atoms with Crippen LogP contribution in [0.1, 0.15) is 0 Å². The van der Waals surface area contributed by atoms with Crippen molar-refractivity contribution in [2.45, 2.75) is 0 Å². The van der Waals surface area contributed by atoms with E-state index in [-0.39, 0.29) is 0 Å². The van der Waals surface area contributed by atoms with E-state index in [2.05, 4.69) is 626 Å². The zero-order valence-electron chi connectivity index (χ0n) is 81.5. The van der Waals surface area contributed by atoms with Crippen LogP contribution in [0.3, 0.4) is 0 Å². The largest absolute Gasteiger partial charge is 0.311 e. The van der Waals surface area contributed by atoms with Crippen molar-refractivity contribution in [3.05, 3.63) is 607 Å². The highest BCUT2D eigenvalue weighted by atomic mass is 28.3. The molecule has 148 heavy (non-hydrogen) atoms. The maximum Gasteiger partial charge on any atom is 0.179 e. The Labute approximate surface area is 864 Å². The third-order valence-corrected chi connectivity index (χ3v) is 39.8. The normalized spacial score (nSPS) is 11.6. The molecule has 0 atom stereocenters. The molecule has 0 bridgehead atoms. The number of fused-ring (bicyclic) bond motifs is 11. The molecule has 4 nitrogen and oxygen atoms in total. The summed E-state index contributed by atoms with van der Waals surface area (Å²) in [5.74, 6) is 0. The van der Waals surface area contributed by atoms with Gasteiger partial charge in [0.25, 0.3) is 0 Å². The van der Waals surface area contributed by atoms with Gasteiger partial charge in [-0.25, -0.2) is 0 Å². The van der Waals surface area contributed by atoms with E-state index in [0.29, 0.717) is 0 Å². The van der Waals surface area contributed by atoms with Gasteiger partial charge in [-0.15, -0.1) is 0 Å². The molecule has 0 N–H and O–H groups in total. The Morgan fingerprint density at radius 1 is 0.142 bits per heavy atom. The van der Waals surface area contributed by atoms with Gasteiger partial charge in [0.2, 0.25) is 0 Å². The molecule has 696 valence electrons. The van der Waals surface area contributed by atoms with E-state index < -0.39 is 16.1 Å². The van der Waals surface area contributed by atoms with Gasteiger partial charge in [0.05, 0.1) is 27.8 Å². The molecule has 0 aliphatic heterocycles. The molecule has 2 heterocycles. The van der Waals surface area contributed by atoms with Crippen LogP contribution in [0.15, 0.2) is 607 Å². The number of rotatable bonds is 21. The highest BCUT2D eigenvalue weighted by Crippen LogP contribution is 2.47. The quantitative estimate of drug-likeness (QED) is 0.0405. The fourth-order valence-corrected chi connectivity index (χ4v) is 33.2. The average Bonchev–Trinajstić information content (AvgIpc) is 1.68. The van der Waals surface area contributed by atoms with E-state index in [4.69, 9.17) is 0 Å². The minimum absolute atomic E-state index is 1.08. The molecule has 0 unspecified atom stereocenters. The van der Waals surface area contributed by atoms with Crippen LogP contribution in [0.4, 0.5) is 34.1 Å². The van der Waals surface area contributed by atoms with Crippen LogP contribution in [0, 0.1) is 0 Å². The number of benzene rings is 25. The Hall–Kier alpha value is -18.8. The summed E-state index contributed by atoms with van der Waals surface area (Å²) in [5, 5.41) is 25.7. The number of para-hydroxylation sites is 2. The monoisotopic (exact) mass is 1920 g/mol. The summed E-state index contributed by atoms with van der Waals surface area (Å²) in [7, 11) is -5.67. The predicted molar refractivity (Wildman–Crippen MR) is 635 cm³/mol. The topological polar surface area (TPSA) is 16.3 Å². The van der Waals surface area contributed by atoms with Gasteiger partial charge in [-0.3, -0.25) is 0 Å². The molecular weight excluding hydrogens is 1820 g/mol. The molecular formula is C142H100N4Si2. The lowest BCUT2D eigenvalue weighted by molar-refractivity contribution is 1.18. The van der Waals surface area contributed by atoms with Crippen molar-refractivity contribution in [3.8, 4) is 67.0 Å². The molecule has 27 aromatic rings. The van der Waals surface area contributed by atoms with Crippen LogP contribution in [-0.4, -0.2) is 25.3 Å². The van der Waals surface area contributed by atoms with Crippen LogP contribution in [-0.2, 0) is 0 Å². The van der Waals surface area contributed by atoms with E-state index in [1.54, 1.807) is 0 Å². The van der Waals surface area contributed by atoms with E-state index >= 15 is 0 Å². The minimum atomic E-state index is -2.84. The molecule has 0 fully saturated rings. The molecule has 0 radical (unpaired) electrons. The van der Waals surface area contributed by atoms with Crippen LogP contribution in [0.5, 0.6) is 0 Å². The maximum atomic E-state index is 2.48. The second kappa shape index (κ2) is 38.8. The van der Waals surface area contributed by atoms with Crippen molar-refractivity contribution >= 4 is 178 Å². The molecule has 27 rings (SSSR count). The van der Waals surface area contributed by atoms with Crippen molar-refractivity contribution in [1.29, 1.82) is 0 Å². The van der Waals surface area contributed by atoms with Gasteiger partial charge in [-0.2, -0.15) is 0 Å². The SMILES string of the molecule is c1ccc(-c2ccc(-n3c4ccccc4c4c(-c5ccc(N(c6ccc(-c7cccc8ccccc78)cc6)c6cccc([Si](c7ccccc7)(c7ccccc7)c7ccccc7)c6)cc5)cccc43)cc2)cc1.c1ccc([Si](c2ccccc2)(c2ccccc2)c2cccc(N(c3ccc(-c4cccc5ccccc45)cc3)c3ccc(-c4cccc5c4c4ccccc4n5-c4cc5ccccc5c5ccccc45)cc3)c2)cc1. The minimum Gasteiger partial charge on any atom is -0.311 e. The van der Waals surface area contributed by atoms with Crippen LogP contribution in [0.25, 0.3) is 154 Å². The number of hydrogen-bond acceptors (Lipinski definition) is 2. The number of aromatic nitrogens is 2. The Morgan fingerprint density at radius 3 is 0.804 bits per heavy atom. The number of anilines is 6. The summed E-state index contributed by atoms with van der Waals surface area (Å²) >= 11 is 0. The first-order chi connectivity index (χ1) is 73.4. The average molecular weight is 1920 g/mol. The molecule has 0 saturated carbocycles. The molecule has 0 spiro atoms. The van der Waals surface area contributed by atoms with Gasteiger partial charge in [-0.05, 0) is 250 Å². The summed E-state index contributed by atoms with van der Waals surface area (Å²) in [6.45, 7) is 0. The highest BCUT2D eigenvalue weighted by molar-refractivity contribution is 7.20. The molecule has 0 amide bonds. The zero-order valence-corrected chi connectivity index (χ0v) is 83.5. The molecule has 0 aliphatic carbocycles. The van der Waals surface area contributed by atoms with Crippen molar-refractivity contribution < 1.29 is 0 Å². The summed E-state index contributed by atoms with van der Waals surface area (Å²) < 4.78 is 4.90. The van der Waals surface area contributed by atoms with E-state index in [9.17, 15) is 0 Å². The Morgan fingerprint density at radius 2 is 0.405 bits per heavy atom. The summed E-state index contributed by atoms with van der Waals surface area (Å²) in [4.78, 5) is 4.88. The van der Waals surface area contributed by atoms with Crippen molar-refractivity contribution in [3.63, 3.8) is 0 Å². The molecule has 0 aliphatic rings. The third-order valence-electron chi connectivity index (χ3n) is 30.3. The first-order valence-corrected chi connectivity index (χ1v) is 55.1. The molecule has 2 aromatic heterocycles. The lowest BCUT2D eigenvalue weighted by Gasteiger charge is -2.35. The Bertz CT molecular complexity index is 9340.